The molecule has 16 heteroatoms. The molecular weight excluding hydrogens is 729 g/mol. The molecule has 304 valence electrons. The molecule has 16 nitrogen and oxygen atoms in total. The maximum atomic E-state index is 14.0. The molecule has 4 aromatic rings. The molecule has 1 aliphatic heterocycles. The van der Waals surface area contributed by atoms with Crippen molar-refractivity contribution in [3.8, 4) is 0 Å². The Labute approximate surface area is 331 Å². The zero-order valence-corrected chi connectivity index (χ0v) is 32.3. The van der Waals surface area contributed by atoms with Crippen molar-refractivity contribution in [2.75, 3.05) is 19.6 Å². The molecule has 57 heavy (non-hydrogen) atoms. The van der Waals surface area contributed by atoms with Gasteiger partial charge in [0.1, 0.15) is 6.04 Å². The number of hydrogen-bond acceptors (Lipinski definition) is 9. The largest absolute Gasteiger partial charge is 0.369 e. The molecule has 1 aliphatic rings. The van der Waals surface area contributed by atoms with Gasteiger partial charge in [0.25, 0.3) is 5.91 Å². The Hall–Kier alpha value is -5.87. The molecule has 0 unspecified atom stereocenters. The maximum absolute atomic E-state index is 14.0. The Morgan fingerprint density at radius 1 is 0.842 bits per heavy atom. The Morgan fingerprint density at radius 3 is 2.28 bits per heavy atom. The van der Waals surface area contributed by atoms with Gasteiger partial charge >= 0.3 is 6.03 Å². The number of primary amides is 1. The van der Waals surface area contributed by atoms with Gasteiger partial charge < -0.3 is 37.8 Å². The highest BCUT2D eigenvalue weighted by Crippen LogP contribution is 2.24. The Kier molecular flexibility index (Phi) is 15.1. The minimum absolute atomic E-state index is 0.153. The van der Waals surface area contributed by atoms with Crippen LogP contribution in [-0.4, -0.2) is 98.0 Å². The minimum atomic E-state index is -1.07. The number of urea groups is 1. The van der Waals surface area contributed by atoms with E-state index < -0.39 is 53.7 Å². The van der Waals surface area contributed by atoms with E-state index in [1.165, 1.54) is 23.3 Å². The number of fused-ring (bicyclic) bond motifs is 1. The molecule has 0 spiro atoms. The van der Waals surface area contributed by atoms with E-state index >= 15 is 0 Å². The lowest BCUT2D eigenvalue weighted by atomic mass is 9.90. The van der Waals surface area contributed by atoms with Crippen molar-refractivity contribution >= 4 is 46.2 Å². The average molecular weight is 783 g/mol. The first-order valence-electron chi connectivity index (χ1n) is 19.5. The molecule has 5 amide bonds. The van der Waals surface area contributed by atoms with Crippen LogP contribution in [0.2, 0.25) is 0 Å². The van der Waals surface area contributed by atoms with Gasteiger partial charge in [-0.2, -0.15) is 0 Å². The summed E-state index contributed by atoms with van der Waals surface area (Å²) in [6.07, 6.45) is 7.35. The van der Waals surface area contributed by atoms with Crippen molar-refractivity contribution in [2.45, 2.75) is 82.8 Å². The summed E-state index contributed by atoms with van der Waals surface area (Å²) in [5.74, 6) is -3.89. The number of hydrazine groups is 1. The number of amides is 5. The number of nitrogens with one attached hydrogen (secondary N) is 4. The van der Waals surface area contributed by atoms with Gasteiger partial charge in [0, 0.05) is 73.2 Å². The third-order valence-electron chi connectivity index (χ3n) is 10.4. The molecule has 0 aliphatic carbocycles. The molecule has 2 aromatic carbocycles. The minimum Gasteiger partial charge on any atom is -0.369 e. The molecule has 1 fully saturated rings. The summed E-state index contributed by atoms with van der Waals surface area (Å²) >= 11 is 0. The second-order valence-corrected chi connectivity index (χ2v) is 14.7. The van der Waals surface area contributed by atoms with Crippen molar-refractivity contribution in [3.63, 3.8) is 0 Å². The molecule has 0 bridgehead atoms. The van der Waals surface area contributed by atoms with Crippen LogP contribution in [-0.2, 0) is 43.2 Å². The number of carbonyl (C=O) groups is 6. The van der Waals surface area contributed by atoms with Crippen molar-refractivity contribution in [1.82, 2.24) is 35.6 Å². The number of hydrogen-bond donors (Lipinski definition) is 7. The lowest BCUT2D eigenvalue weighted by molar-refractivity contribution is -0.144. The van der Waals surface area contributed by atoms with Crippen LogP contribution >= 0.6 is 0 Å². The van der Waals surface area contributed by atoms with E-state index in [1.54, 1.807) is 12.4 Å². The fourth-order valence-corrected chi connectivity index (χ4v) is 7.22. The van der Waals surface area contributed by atoms with Gasteiger partial charge in [-0.15, -0.1) is 0 Å². The molecule has 1 saturated heterocycles. The summed E-state index contributed by atoms with van der Waals surface area (Å²) in [5.41, 5.74) is 20.7. The SMILES string of the molecule is C[C@H](NC(=O)[C@H](CC(=O)[C@@H](N)Cc1cnc[nH]1)Cc1c[nH]c2ccccc12)C(=O)N1CCCN1C(=O)N[C@H](Cc1ccccc1)C(=O)C[C@@H](CCCCN)C(N)=O. The van der Waals surface area contributed by atoms with Crippen LogP contribution in [0.15, 0.2) is 73.3 Å². The van der Waals surface area contributed by atoms with Crippen LogP contribution in [0.25, 0.3) is 10.9 Å². The van der Waals surface area contributed by atoms with Crippen LogP contribution in [0.3, 0.4) is 0 Å². The quantitative estimate of drug-likeness (QED) is 0.0610. The molecule has 5 rings (SSSR count). The van der Waals surface area contributed by atoms with E-state index in [2.05, 4.69) is 25.6 Å². The van der Waals surface area contributed by atoms with E-state index in [1.807, 2.05) is 54.6 Å². The first-order chi connectivity index (χ1) is 27.4. The Balaban J connectivity index is 1.27. The monoisotopic (exact) mass is 782 g/mol. The van der Waals surface area contributed by atoms with Crippen LogP contribution in [0.4, 0.5) is 4.79 Å². The topological polar surface area (TPSA) is 255 Å². The fraction of sp³-hybridized carbons (Fsp3) is 0.439. The molecular formula is C41H54N10O6. The van der Waals surface area contributed by atoms with Gasteiger partial charge in [-0.25, -0.2) is 19.8 Å². The first kappa shape index (κ1) is 42.3. The van der Waals surface area contributed by atoms with Crippen molar-refractivity contribution in [1.29, 1.82) is 0 Å². The Morgan fingerprint density at radius 2 is 1.56 bits per heavy atom. The maximum Gasteiger partial charge on any atom is 0.336 e. The highest BCUT2D eigenvalue weighted by molar-refractivity contribution is 5.95. The van der Waals surface area contributed by atoms with Crippen molar-refractivity contribution < 1.29 is 28.8 Å². The average Bonchev–Trinajstić information content (AvgIpc) is 3.99. The lowest BCUT2D eigenvalue weighted by Crippen LogP contribution is -2.57. The van der Waals surface area contributed by atoms with E-state index in [-0.39, 0.29) is 56.8 Å². The van der Waals surface area contributed by atoms with Gasteiger partial charge in [-0.3, -0.25) is 24.0 Å². The fourth-order valence-electron chi connectivity index (χ4n) is 7.22. The van der Waals surface area contributed by atoms with Crippen LogP contribution in [0.1, 0.15) is 62.3 Å². The zero-order valence-electron chi connectivity index (χ0n) is 32.3. The first-order valence-corrected chi connectivity index (χ1v) is 19.5. The number of benzene rings is 2. The lowest BCUT2D eigenvalue weighted by Gasteiger charge is -2.32. The number of rotatable bonds is 21. The number of aromatic amines is 2. The number of ketones is 2. The summed E-state index contributed by atoms with van der Waals surface area (Å²) in [4.78, 5) is 91.2. The van der Waals surface area contributed by atoms with Gasteiger partial charge in [-0.05, 0) is 62.8 Å². The predicted octanol–water partition coefficient (Wildman–Crippen LogP) is 2.04. The molecule has 0 radical (unpaired) electrons. The predicted molar refractivity (Wildman–Crippen MR) is 214 cm³/mol. The van der Waals surface area contributed by atoms with Crippen LogP contribution in [0.5, 0.6) is 0 Å². The van der Waals surface area contributed by atoms with Crippen LogP contribution < -0.4 is 27.8 Å². The highest BCUT2D eigenvalue weighted by Gasteiger charge is 2.37. The number of imidazole rings is 1. The molecule has 0 saturated carbocycles. The number of unbranched alkanes of at least 4 members (excludes halogenated alkanes) is 1. The van der Waals surface area contributed by atoms with E-state index in [0.29, 0.717) is 37.9 Å². The van der Waals surface area contributed by atoms with E-state index in [4.69, 9.17) is 17.2 Å². The standard InChI is InChI=1S/C41H54N10O6/c1-26(48-39(55)29(19-30-23-46-34-14-6-5-13-32(30)34)21-36(52)33(43)22-31-24-45-25-47-31)40(56)50-16-9-17-51(50)41(57)49-35(18-27-10-3-2-4-11-27)37(53)20-28(38(44)54)12-7-8-15-42/h2-6,10-11,13-14,23-26,28-29,33,35,46H,7-9,12,15-22,42-43H2,1H3,(H2,44,54)(H,45,47)(H,48,55)(H,49,57)/t26-,28+,29-,33-,35+/m0/s1. The number of aromatic nitrogens is 3. The number of Topliss-reactive ketones (excluding diaryl/α,β-unsaturated/α-hetero) is 2. The second-order valence-electron chi connectivity index (χ2n) is 14.7. The number of carbonyl (C=O) groups excluding carboxylic acids is 6. The van der Waals surface area contributed by atoms with Gasteiger partial charge in [-0.1, -0.05) is 55.0 Å². The van der Waals surface area contributed by atoms with Crippen molar-refractivity contribution in [3.05, 3.63) is 90.1 Å². The number of nitrogens with zero attached hydrogens (tertiary/aromatic N) is 3. The smallest absolute Gasteiger partial charge is 0.336 e. The van der Waals surface area contributed by atoms with Gasteiger partial charge in [0.05, 0.1) is 18.4 Å². The summed E-state index contributed by atoms with van der Waals surface area (Å²) in [6, 6.07) is 13.2. The summed E-state index contributed by atoms with van der Waals surface area (Å²) in [6.45, 7) is 2.38. The molecule has 3 heterocycles. The number of nitrogens with two attached hydrogens (primary N) is 3. The normalized spacial score (nSPS) is 15.4. The van der Waals surface area contributed by atoms with E-state index in [9.17, 15) is 28.8 Å². The molecule has 10 N–H and O–H groups in total. The zero-order chi connectivity index (χ0) is 40.9. The summed E-state index contributed by atoms with van der Waals surface area (Å²) < 4.78 is 0. The summed E-state index contributed by atoms with van der Waals surface area (Å²) in [5, 5.41) is 9.03. The summed E-state index contributed by atoms with van der Waals surface area (Å²) in [7, 11) is 0. The third-order valence-corrected chi connectivity index (χ3v) is 10.4. The van der Waals surface area contributed by atoms with Gasteiger partial charge in [0.2, 0.25) is 11.8 Å². The van der Waals surface area contributed by atoms with Gasteiger partial charge in [0.15, 0.2) is 11.6 Å². The highest BCUT2D eigenvalue weighted by atomic mass is 16.2. The second kappa shape index (κ2) is 20.3. The molecule has 5 atom stereocenters. The van der Waals surface area contributed by atoms with Crippen LogP contribution in [0, 0.1) is 11.8 Å². The number of para-hydroxylation sites is 1. The van der Waals surface area contributed by atoms with Crippen molar-refractivity contribution in [2.24, 2.45) is 29.0 Å². The number of H-pyrrole nitrogens is 2. The van der Waals surface area contributed by atoms with E-state index in [0.717, 1.165) is 22.0 Å². The molecule has 2 aromatic heterocycles. The Bertz CT molecular complexity index is 1980. The third kappa shape index (κ3) is 11.6.